The van der Waals surface area contributed by atoms with Crippen molar-refractivity contribution in [1.29, 1.82) is 0 Å². The van der Waals surface area contributed by atoms with Crippen molar-refractivity contribution in [2.75, 3.05) is 5.32 Å². The van der Waals surface area contributed by atoms with E-state index in [0.29, 0.717) is 17.0 Å². The van der Waals surface area contributed by atoms with Crippen LogP contribution in [0.15, 0.2) is 70.3 Å². The summed E-state index contributed by atoms with van der Waals surface area (Å²) in [6, 6.07) is 16.3. The number of furan rings is 1. The lowest BCUT2D eigenvalue weighted by atomic mass is 10.1. The summed E-state index contributed by atoms with van der Waals surface area (Å²) in [6.07, 6.45) is 1.65. The van der Waals surface area contributed by atoms with Crippen molar-refractivity contribution in [1.82, 2.24) is 0 Å². The number of carbonyl (C=O) groups excluding carboxylic acids is 2. The summed E-state index contributed by atoms with van der Waals surface area (Å²) < 4.78 is 5.33. The molecule has 5 nitrogen and oxygen atoms in total. The van der Waals surface area contributed by atoms with E-state index in [2.05, 4.69) is 10.3 Å². The van der Waals surface area contributed by atoms with Gasteiger partial charge in [0.05, 0.1) is 12.7 Å². The van der Waals surface area contributed by atoms with E-state index in [9.17, 15) is 9.59 Å². The third-order valence-corrected chi connectivity index (χ3v) is 4.35. The highest BCUT2D eigenvalue weighted by atomic mass is 16.3. The molecule has 1 aromatic heterocycles. The van der Waals surface area contributed by atoms with Gasteiger partial charge in [0.1, 0.15) is 11.5 Å². The van der Waals surface area contributed by atoms with E-state index < -0.39 is 11.8 Å². The normalized spacial score (nSPS) is 11.3. The summed E-state index contributed by atoms with van der Waals surface area (Å²) in [5, 5.41) is 2.85. The molecule has 0 radical (unpaired) electrons. The minimum Gasteiger partial charge on any atom is -0.469 e. The second-order valence-electron chi connectivity index (χ2n) is 6.76. The SMILES string of the molecule is Cc1ccc(C(=O)N=C(Cc2ccco2)C(=O)Nc2ccc(C)cc2C)cc1. The number of hydrogen-bond donors (Lipinski definition) is 1. The van der Waals surface area contributed by atoms with Crippen molar-refractivity contribution >= 4 is 23.2 Å². The van der Waals surface area contributed by atoms with Gasteiger partial charge in [0.2, 0.25) is 0 Å². The zero-order valence-electron chi connectivity index (χ0n) is 16.2. The molecule has 5 heteroatoms. The van der Waals surface area contributed by atoms with Crippen LogP contribution in [-0.4, -0.2) is 17.5 Å². The van der Waals surface area contributed by atoms with Crippen molar-refractivity contribution in [3.8, 4) is 0 Å². The van der Waals surface area contributed by atoms with Crippen molar-refractivity contribution in [2.24, 2.45) is 4.99 Å². The zero-order chi connectivity index (χ0) is 20.1. The number of anilines is 1. The molecule has 0 unspecified atom stereocenters. The Bertz CT molecular complexity index is 1020. The topological polar surface area (TPSA) is 71.7 Å². The molecule has 0 aliphatic carbocycles. The molecule has 0 bridgehead atoms. The van der Waals surface area contributed by atoms with Gasteiger partial charge in [-0.15, -0.1) is 0 Å². The molecule has 0 aliphatic rings. The van der Waals surface area contributed by atoms with E-state index in [1.807, 2.05) is 51.1 Å². The molecule has 0 spiro atoms. The van der Waals surface area contributed by atoms with Crippen LogP contribution in [0.25, 0.3) is 0 Å². The lowest BCUT2D eigenvalue weighted by molar-refractivity contribution is -0.110. The van der Waals surface area contributed by atoms with Gasteiger partial charge in [0.25, 0.3) is 11.8 Å². The van der Waals surface area contributed by atoms with Gasteiger partial charge in [-0.3, -0.25) is 9.59 Å². The molecular weight excluding hydrogens is 352 g/mol. The van der Waals surface area contributed by atoms with Gasteiger partial charge in [-0.25, -0.2) is 4.99 Å². The summed E-state index contributed by atoms with van der Waals surface area (Å²) in [5.74, 6) is -0.326. The van der Waals surface area contributed by atoms with E-state index in [0.717, 1.165) is 16.7 Å². The third kappa shape index (κ3) is 4.82. The maximum Gasteiger partial charge on any atom is 0.277 e. The van der Waals surface area contributed by atoms with Crippen LogP contribution in [0.5, 0.6) is 0 Å². The highest BCUT2D eigenvalue weighted by Crippen LogP contribution is 2.17. The summed E-state index contributed by atoms with van der Waals surface area (Å²) in [4.78, 5) is 29.5. The Morgan fingerprint density at radius 2 is 1.68 bits per heavy atom. The van der Waals surface area contributed by atoms with E-state index in [1.165, 1.54) is 6.26 Å². The fraction of sp³-hybridized carbons (Fsp3) is 0.174. The number of hydrogen-bond acceptors (Lipinski definition) is 3. The van der Waals surface area contributed by atoms with Crippen LogP contribution < -0.4 is 5.32 Å². The third-order valence-electron chi connectivity index (χ3n) is 4.35. The number of aryl methyl sites for hydroxylation is 3. The molecule has 3 rings (SSSR count). The first-order valence-corrected chi connectivity index (χ1v) is 9.02. The summed E-state index contributed by atoms with van der Waals surface area (Å²) >= 11 is 0. The fourth-order valence-electron chi connectivity index (χ4n) is 2.78. The summed E-state index contributed by atoms with van der Waals surface area (Å²) in [6.45, 7) is 5.85. The van der Waals surface area contributed by atoms with Gasteiger partial charge < -0.3 is 9.73 Å². The summed E-state index contributed by atoms with van der Waals surface area (Å²) in [5.41, 5.74) is 4.31. The monoisotopic (exact) mass is 374 g/mol. The minimum atomic E-state index is -0.461. The van der Waals surface area contributed by atoms with Crippen LogP contribution in [0.1, 0.15) is 32.8 Å². The molecule has 1 N–H and O–H groups in total. The first-order chi connectivity index (χ1) is 13.4. The van der Waals surface area contributed by atoms with Gasteiger partial charge in [0, 0.05) is 11.3 Å². The molecule has 0 atom stereocenters. The number of benzene rings is 2. The zero-order valence-corrected chi connectivity index (χ0v) is 16.2. The average molecular weight is 374 g/mol. The molecular formula is C23H22N2O3. The van der Waals surface area contributed by atoms with Crippen LogP contribution >= 0.6 is 0 Å². The second kappa shape index (κ2) is 8.48. The highest BCUT2D eigenvalue weighted by Gasteiger charge is 2.17. The Hall–Kier alpha value is -3.47. The van der Waals surface area contributed by atoms with Crippen molar-refractivity contribution in [2.45, 2.75) is 27.2 Å². The number of amides is 2. The highest BCUT2D eigenvalue weighted by molar-refractivity contribution is 6.45. The van der Waals surface area contributed by atoms with E-state index in [1.54, 1.807) is 24.3 Å². The standard InChI is InChI=1S/C23H22N2O3/c1-15-6-9-18(10-7-15)22(26)25-21(14-19-5-4-12-28-19)23(27)24-20-11-8-16(2)13-17(20)3/h4-13H,14H2,1-3H3,(H,24,27). The average Bonchev–Trinajstić information content (AvgIpc) is 3.17. The molecule has 2 amide bonds. The Balaban J connectivity index is 1.88. The predicted molar refractivity (Wildman–Crippen MR) is 110 cm³/mol. The number of carbonyl (C=O) groups is 2. The quantitative estimate of drug-likeness (QED) is 0.660. The van der Waals surface area contributed by atoms with Crippen molar-refractivity contribution in [3.05, 3.63) is 88.9 Å². The van der Waals surface area contributed by atoms with Crippen LogP contribution in [0.4, 0.5) is 5.69 Å². The Morgan fingerprint density at radius 3 is 2.32 bits per heavy atom. The predicted octanol–water partition coefficient (Wildman–Crippen LogP) is 4.67. The Labute approximate surface area is 164 Å². The van der Waals surface area contributed by atoms with Gasteiger partial charge in [-0.05, 0) is 56.7 Å². The molecule has 0 aliphatic heterocycles. The number of rotatable bonds is 5. The lowest BCUT2D eigenvalue weighted by Gasteiger charge is -2.10. The molecule has 1 heterocycles. The second-order valence-corrected chi connectivity index (χ2v) is 6.76. The van der Waals surface area contributed by atoms with Crippen LogP contribution in [-0.2, 0) is 11.2 Å². The molecule has 28 heavy (non-hydrogen) atoms. The van der Waals surface area contributed by atoms with Crippen LogP contribution in [0.3, 0.4) is 0 Å². The van der Waals surface area contributed by atoms with E-state index in [-0.39, 0.29) is 12.1 Å². The molecule has 0 saturated carbocycles. The lowest BCUT2D eigenvalue weighted by Crippen LogP contribution is -2.26. The van der Waals surface area contributed by atoms with Crippen LogP contribution in [0.2, 0.25) is 0 Å². The van der Waals surface area contributed by atoms with Gasteiger partial charge in [-0.1, -0.05) is 35.4 Å². The smallest absolute Gasteiger partial charge is 0.277 e. The minimum absolute atomic E-state index is 0.0977. The largest absolute Gasteiger partial charge is 0.469 e. The molecule has 3 aromatic rings. The fourth-order valence-corrected chi connectivity index (χ4v) is 2.78. The molecule has 0 saturated heterocycles. The maximum atomic E-state index is 12.9. The summed E-state index contributed by atoms with van der Waals surface area (Å²) in [7, 11) is 0. The first kappa shape index (κ1) is 19.3. The Kier molecular flexibility index (Phi) is 5.84. The number of aliphatic imine (C=N–C) groups is 1. The van der Waals surface area contributed by atoms with Crippen molar-refractivity contribution in [3.63, 3.8) is 0 Å². The molecule has 142 valence electrons. The van der Waals surface area contributed by atoms with E-state index >= 15 is 0 Å². The van der Waals surface area contributed by atoms with Crippen molar-refractivity contribution < 1.29 is 14.0 Å². The molecule has 2 aromatic carbocycles. The first-order valence-electron chi connectivity index (χ1n) is 9.02. The van der Waals surface area contributed by atoms with Gasteiger partial charge in [-0.2, -0.15) is 0 Å². The molecule has 0 fully saturated rings. The van der Waals surface area contributed by atoms with Gasteiger partial charge >= 0.3 is 0 Å². The Morgan fingerprint density at radius 1 is 0.964 bits per heavy atom. The van der Waals surface area contributed by atoms with E-state index in [4.69, 9.17) is 4.42 Å². The van der Waals surface area contributed by atoms with Crippen LogP contribution in [0, 0.1) is 20.8 Å². The number of nitrogens with one attached hydrogen (secondary N) is 1. The number of nitrogens with zero attached hydrogens (tertiary/aromatic N) is 1. The van der Waals surface area contributed by atoms with Gasteiger partial charge in [0.15, 0.2) is 0 Å². The maximum absolute atomic E-state index is 12.9.